The summed E-state index contributed by atoms with van der Waals surface area (Å²) in [6.07, 6.45) is 9.05. The number of allylic oxidation sites excluding steroid dienone is 1. The van der Waals surface area contributed by atoms with Crippen LogP contribution in [0.3, 0.4) is 0 Å². The lowest BCUT2D eigenvalue weighted by atomic mass is 9.77. The van der Waals surface area contributed by atoms with Crippen LogP contribution in [0.4, 0.5) is 17.6 Å². The zero-order valence-electron chi connectivity index (χ0n) is 19.4. The molecule has 2 saturated carbocycles. The van der Waals surface area contributed by atoms with Crippen molar-refractivity contribution in [1.29, 1.82) is 0 Å². The molecule has 0 amide bonds. The van der Waals surface area contributed by atoms with Gasteiger partial charge in [-0.1, -0.05) is 38.3 Å². The summed E-state index contributed by atoms with van der Waals surface area (Å²) in [6, 6.07) is 2.39. The number of hydrogen-bond acceptors (Lipinski definition) is 1. The number of rotatable bonds is 10. The molecule has 1 aromatic rings. The van der Waals surface area contributed by atoms with Gasteiger partial charge in [0.05, 0.1) is 11.7 Å². The molecule has 3 rings (SSSR count). The van der Waals surface area contributed by atoms with Gasteiger partial charge < -0.3 is 4.74 Å². The number of ether oxygens (including phenoxy) is 1. The van der Waals surface area contributed by atoms with Crippen LogP contribution >= 0.6 is 0 Å². The molecule has 0 atom stereocenters. The van der Waals surface area contributed by atoms with Crippen LogP contribution in [0.15, 0.2) is 24.8 Å². The molecule has 2 aliphatic rings. The molecule has 0 heterocycles. The summed E-state index contributed by atoms with van der Waals surface area (Å²) in [4.78, 5) is 0. The van der Waals surface area contributed by atoms with Crippen molar-refractivity contribution in [2.24, 2.45) is 11.8 Å². The van der Waals surface area contributed by atoms with E-state index in [1.165, 1.54) is 6.07 Å². The molecule has 32 heavy (non-hydrogen) atoms. The number of hydrogen-bond donors (Lipinski definition) is 0. The first-order valence-electron chi connectivity index (χ1n) is 12.5. The zero-order valence-corrected chi connectivity index (χ0v) is 19.4. The smallest absolute Gasteiger partial charge is 0.313 e. The van der Waals surface area contributed by atoms with Gasteiger partial charge in [0.15, 0.2) is 11.6 Å². The van der Waals surface area contributed by atoms with Crippen molar-refractivity contribution in [2.45, 2.75) is 109 Å². The van der Waals surface area contributed by atoms with Crippen LogP contribution in [0.1, 0.15) is 107 Å². The molecule has 0 radical (unpaired) electrons. The van der Waals surface area contributed by atoms with Gasteiger partial charge in [0, 0.05) is 0 Å². The third-order valence-corrected chi connectivity index (χ3v) is 7.54. The molecule has 0 bridgehead atoms. The SMILES string of the molecule is C=CCCCC1CCC(OC(F)(F)c2ccc(C3CCC(CCC)CC3)c(F)c2F)CC1. The molecular formula is C27H38F4O. The molecule has 0 saturated heterocycles. The highest BCUT2D eigenvalue weighted by Crippen LogP contribution is 2.42. The van der Waals surface area contributed by atoms with Crippen molar-refractivity contribution < 1.29 is 22.3 Å². The Balaban J connectivity index is 1.60. The highest BCUT2D eigenvalue weighted by Gasteiger charge is 2.41. The summed E-state index contributed by atoms with van der Waals surface area (Å²) in [5.41, 5.74) is -0.747. The van der Waals surface area contributed by atoms with E-state index in [-0.39, 0.29) is 11.5 Å². The summed E-state index contributed by atoms with van der Waals surface area (Å²) < 4.78 is 64.2. The lowest BCUT2D eigenvalue weighted by molar-refractivity contribution is -0.279. The first-order valence-corrected chi connectivity index (χ1v) is 12.5. The normalized spacial score (nSPS) is 26.8. The minimum absolute atomic E-state index is 0.0995. The van der Waals surface area contributed by atoms with Crippen LogP contribution < -0.4 is 0 Å². The van der Waals surface area contributed by atoms with E-state index in [1.807, 2.05) is 6.08 Å². The van der Waals surface area contributed by atoms with Gasteiger partial charge in [-0.3, -0.25) is 0 Å². The standard InChI is InChI=1S/C27H38F4O/c1-3-5-6-8-20-11-15-22(16-12-20)32-27(30,31)24-18-17-23(25(28)26(24)29)21-13-9-19(7-4-2)10-14-21/h3,17-22H,1,4-16H2,2H3. The van der Waals surface area contributed by atoms with Gasteiger partial charge >= 0.3 is 6.11 Å². The Labute approximate surface area is 190 Å². The number of unbranched alkanes of at least 4 members (excludes halogenated alkanes) is 1. The summed E-state index contributed by atoms with van der Waals surface area (Å²) in [5, 5.41) is 0. The van der Waals surface area contributed by atoms with E-state index in [0.717, 1.165) is 76.7 Å². The van der Waals surface area contributed by atoms with Crippen LogP contribution in [0, 0.1) is 23.5 Å². The Morgan fingerprint density at radius 2 is 1.56 bits per heavy atom. The van der Waals surface area contributed by atoms with Crippen molar-refractivity contribution in [2.75, 3.05) is 0 Å². The second-order valence-electron chi connectivity index (χ2n) is 9.83. The molecule has 0 unspecified atom stereocenters. The maximum Gasteiger partial charge on any atom is 0.386 e. The highest BCUT2D eigenvalue weighted by atomic mass is 19.3. The largest absolute Gasteiger partial charge is 0.386 e. The van der Waals surface area contributed by atoms with Gasteiger partial charge in [-0.05, 0) is 93.6 Å². The molecule has 5 heteroatoms. The Morgan fingerprint density at radius 3 is 2.19 bits per heavy atom. The highest BCUT2D eigenvalue weighted by molar-refractivity contribution is 5.31. The molecule has 2 fully saturated rings. The summed E-state index contributed by atoms with van der Waals surface area (Å²) in [7, 11) is 0. The van der Waals surface area contributed by atoms with E-state index in [2.05, 4.69) is 13.5 Å². The minimum Gasteiger partial charge on any atom is -0.313 e. The van der Waals surface area contributed by atoms with E-state index in [9.17, 15) is 17.6 Å². The topological polar surface area (TPSA) is 9.23 Å². The van der Waals surface area contributed by atoms with Gasteiger partial charge in [-0.25, -0.2) is 8.78 Å². The first kappa shape index (κ1) is 25.3. The molecule has 1 nitrogen and oxygen atoms in total. The maximum atomic E-state index is 14.8. The molecule has 0 spiro atoms. The molecule has 0 aliphatic heterocycles. The van der Waals surface area contributed by atoms with E-state index in [1.54, 1.807) is 0 Å². The maximum absolute atomic E-state index is 14.8. The predicted molar refractivity (Wildman–Crippen MR) is 121 cm³/mol. The molecule has 0 N–H and O–H groups in total. The van der Waals surface area contributed by atoms with Gasteiger partial charge in [0.25, 0.3) is 0 Å². The fourth-order valence-electron chi connectivity index (χ4n) is 5.64. The van der Waals surface area contributed by atoms with Crippen LogP contribution in [-0.4, -0.2) is 6.10 Å². The van der Waals surface area contributed by atoms with E-state index in [0.29, 0.717) is 24.7 Å². The third-order valence-electron chi connectivity index (χ3n) is 7.54. The molecule has 2 aliphatic carbocycles. The lowest BCUT2D eigenvalue weighted by Crippen LogP contribution is -2.30. The first-order chi connectivity index (χ1) is 15.4. The zero-order chi connectivity index (χ0) is 23.1. The fraction of sp³-hybridized carbons (Fsp3) is 0.704. The van der Waals surface area contributed by atoms with Crippen LogP contribution in [0.5, 0.6) is 0 Å². The van der Waals surface area contributed by atoms with Gasteiger partial charge in [-0.15, -0.1) is 6.58 Å². The average molecular weight is 455 g/mol. The number of halogens is 4. The van der Waals surface area contributed by atoms with Gasteiger partial charge in [-0.2, -0.15) is 8.78 Å². The average Bonchev–Trinajstić information content (AvgIpc) is 2.77. The lowest BCUT2D eigenvalue weighted by Gasteiger charge is -2.32. The summed E-state index contributed by atoms with van der Waals surface area (Å²) in [5.74, 6) is -1.53. The monoisotopic (exact) mass is 454 g/mol. The third kappa shape index (κ3) is 6.36. The Kier molecular flexibility index (Phi) is 9.22. The number of benzene rings is 1. The molecule has 180 valence electrons. The van der Waals surface area contributed by atoms with E-state index >= 15 is 0 Å². The Morgan fingerprint density at radius 1 is 0.938 bits per heavy atom. The molecular weight excluding hydrogens is 416 g/mol. The Bertz CT molecular complexity index is 731. The number of alkyl halides is 2. The quantitative estimate of drug-likeness (QED) is 0.195. The second kappa shape index (κ2) is 11.7. The predicted octanol–water partition coefficient (Wildman–Crippen LogP) is 9.02. The fourth-order valence-corrected chi connectivity index (χ4v) is 5.64. The van der Waals surface area contributed by atoms with Crippen molar-refractivity contribution in [3.63, 3.8) is 0 Å². The van der Waals surface area contributed by atoms with Crippen molar-refractivity contribution in [3.05, 3.63) is 47.5 Å². The molecule has 1 aromatic carbocycles. The second-order valence-corrected chi connectivity index (χ2v) is 9.83. The summed E-state index contributed by atoms with van der Waals surface area (Å²) >= 11 is 0. The summed E-state index contributed by atoms with van der Waals surface area (Å²) in [6.45, 7) is 5.87. The van der Waals surface area contributed by atoms with Gasteiger partial charge in [0.1, 0.15) is 0 Å². The molecule has 0 aromatic heterocycles. The van der Waals surface area contributed by atoms with Crippen molar-refractivity contribution in [3.8, 4) is 0 Å². The van der Waals surface area contributed by atoms with E-state index in [4.69, 9.17) is 4.74 Å². The van der Waals surface area contributed by atoms with Crippen LogP contribution in [0.2, 0.25) is 0 Å². The van der Waals surface area contributed by atoms with Crippen molar-refractivity contribution >= 4 is 0 Å². The van der Waals surface area contributed by atoms with E-state index < -0.39 is 29.4 Å². The van der Waals surface area contributed by atoms with Crippen molar-refractivity contribution in [1.82, 2.24) is 0 Å². The minimum atomic E-state index is -3.83. The Hall–Kier alpha value is -1.36. The van der Waals surface area contributed by atoms with Crippen LogP contribution in [-0.2, 0) is 10.8 Å². The van der Waals surface area contributed by atoms with Gasteiger partial charge in [0.2, 0.25) is 0 Å². The van der Waals surface area contributed by atoms with Crippen LogP contribution in [0.25, 0.3) is 0 Å².